The van der Waals surface area contributed by atoms with Gasteiger partial charge in [-0.25, -0.2) is 0 Å². The van der Waals surface area contributed by atoms with Crippen molar-refractivity contribution in [2.75, 3.05) is 0 Å². The summed E-state index contributed by atoms with van der Waals surface area (Å²) >= 11 is -2.03. The van der Waals surface area contributed by atoms with Crippen LogP contribution in [-0.2, 0) is 0 Å². The van der Waals surface area contributed by atoms with Crippen LogP contribution < -0.4 is 4.35 Å². The molecular formula is C18H31AsS. The summed E-state index contributed by atoms with van der Waals surface area (Å²) < 4.78 is 1.54. The van der Waals surface area contributed by atoms with Crippen molar-refractivity contribution in [1.29, 1.82) is 0 Å². The van der Waals surface area contributed by atoms with E-state index in [0.29, 0.717) is 0 Å². The van der Waals surface area contributed by atoms with E-state index >= 15 is 0 Å². The fraction of sp³-hybridized carbons (Fsp3) is 0.667. The molecule has 0 bridgehead atoms. The molecule has 1 aromatic rings. The van der Waals surface area contributed by atoms with Crippen molar-refractivity contribution >= 4 is 26.6 Å². The van der Waals surface area contributed by atoms with Crippen LogP contribution in [0, 0.1) is 0 Å². The van der Waals surface area contributed by atoms with Crippen LogP contribution in [0.4, 0.5) is 0 Å². The van der Waals surface area contributed by atoms with Gasteiger partial charge in [0.1, 0.15) is 0 Å². The molecule has 0 aromatic heterocycles. The fourth-order valence-corrected chi connectivity index (χ4v) is 10.8. The molecule has 0 nitrogen and oxygen atoms in total. The molecule has 0 aliphatic carbocycles. The first kappa shape index (κ1) is 18.0. The van der Waals surface area contributed by atoms with E-state index in [2.05, 4.69) is 44.2 Å². The standard InChI is InChI=1S/C18H31AsS/c1-3-5-7-12-16-19(20,17-13-8-6-4-2)18-14-10-9-11-15-18/h9-11,14-15H,3-8,12-13,16-17H2,1-2H3. The monoisotopic (exact) mass is 354 g/mol. The molecule has 0 atom stereocenters. The molecule has 0 unspecified atom stereocenters. The molecule has 0 spiro atoms. The summed E-state index contributed by atoms with van der Waals surface area (Å²) in [6, 6.07) is 11.1. The van der Waals surface area contributed by atoms with Crippen molar-refractivity contribution in [3.63, 3.8) is 0 Å². The summed E-state index contributed by atoms with van der Waals surface area (Å²) in [6.45, 7) is 4.56. The van der Waals surface area contributed by atoms with Gasteiger partial charge in [-0.05, 0) is 0 Å². The van der Waals surface area contributed by atoms with Crippen LogP contribution in [0.1, 0.15) is 65.2 Å². The van der Waals surface area contributed by atoms with E-state index < -0.39 is 11.9 Å². The molecule has 1 aromatic carbocycles. The molecule has 1 rings (SSSR count). The molecule has 0 fully saturated rings. The fourth-order valence-electron chi connectivity index (χ4n) is 2.66. The van der Waals surface area contributed by atoms with E-state index in [4.69, 9.17) is 10.4 Å². The molecule has 0 radical (unpaired) electrons. The quantitative estimate of drug-likeness (QED) is 0.337. The Labute approximate surface area is 132 Å². The van der Waals surface area contributed by atoms with Crippen molar-refractivity contribution < 1.29 is 0 Å². The van der Waals surface area contributed by atoms with Gasteiger partial charge in [0.05, 0.1) is 0 Å². The minimum absolute atomic E-state index is 1.32. The Kier molecular flexibility index (Phi) is 9.64. The second kappa shape index (κ2) is 10.7. The molecule has 0 aliphatic rings. The minimum atomic E-state index is -2.03. The topological polar surface area (TPSA) is 0 Å². The number of hydrogen-bond donors (Lipinski definition) is 0. The first-order valence-electron chi connectivity index (χ1n) is 8.36. The van der Waals surface area contributed by atoms with E-state index in [-0.39, 0.29) is 0 Å². The van der Waals surface area contributed by atoms with Gasteiger partial charge < -0.3 is 0 Å². The van der Waals surface area contributed by atoms with E-state index in [1.165, 1.54) is 66.1 Å². The molecule has 114 valence electrons. The van der Waals surface area contributed by atoms with Gasteiger partial charge in [-0.1, -0.05) is 0 Å². The second-order valence-corrected chi connectivity index (χ2v) is 16.1. The average Bonchev–Trinajstić information content (AvgIpc) is 2.49. The third-order valence-electron chi connectivity index (χ3n) is 3.97. The van der Waals surface area contributed by atoms with Crippen LogP contribution in [-0.4, -0.2) is 11.9 Å². The van der Waals surface area contributed by atoms with Crippen LogP contribution in [0.3, 0.4) is 0 Å². The van der Waals surface area contributed by atoms with Crippen LogP contribution >= 0.6 is 10.4 Å². The Balaban J connectivity index is 2.60. The third-order valence-corrected chi connectivity index (χ3v) is 13.9. The van der Waals surface area contributed by atoms with E-state index in [9.17, 15) is 0 Å². The SMILES string of the molecule is CCCCCC[As](=S)(CCCCCC)c1ccccc1. The number of unbranched alkanes of at least 4 members (excludes halogenated alkanes) is 6. The van der Waals surface area contributed by atoms with Crippen molar-refractivity contribution in [3.05, 3.63) is 30.3 Å². The summed E-state index contributed by atoms with van der Waals surface area (Å²) in [7, 11) is 6.24. The molecule has 2 heteroatoms. The Hall–Kier alpha value is -0.00156. The molecule has 0 saturated carbocycles. The van der Waals surface area contributed by atoms with Gasteiger partial charge in [0.2, 0.25) is 0 Å². The normalized spacial score (nSPS) is 11.7. The first-order valence-corrected chi connectivity index (χ1v) is 14.6. The molecule has 0 aliphatic heterocycles. The zero-order chi connectivity index (χ0) is 14.7. The van der Waals surface area contributed by atoms with E-state index in [1.54, 1.807) is 0 Å². The Morgan fingerprint density at radius 2 is 1.25 bits per heavy atom. The Morgan fingerprint density at radius 1 is 0.750 bits per heavy atom. The van der Waals surface area contributed by atoms with Gasteiger partial charge in [-0.3, -0.25) is 0 Å². The molecule has 0 N–H and O–H groups in total. The first-order chi connectivity index (χ1) is 9.73. The molecule has 20 heavy (non-hydrogen) atoms. The Bertz CT molecular complexity index is 370. The summed E-state index contributed by atoms with van der Waals surface area (Å²) in [6.07, 6.45) is 10.8. The van der Waals surface area contributed by atoms with Gasteiger partial charge in [0, 0.05) is 0 Å². The summed E-state index contributed by atoms with van der Waals surface area (Å²) in [5.74, 6) is 0. The van der Waals surface area contributed by atoms with E-state index in [1.807, 2.05) is 0 Å². The van der Waals surface area contributed by atoms with Crippen molar-refractivity contribution in [2.24, 2.45) is 0 Å². The summed E-state index contributed by atoms with van der Waals surface area (Å²) in [4.78, 5) is 0. The summed E-state index contributed by atoms with van der Waals surface area (Å²) in [5.41, 5.74) is 0. The van der Waals surface area contributed by atoms with Crippen LogP contribution in [0.15, 0.2) is 30.3 Å². The number of rotatable bonds is 11. The van der Waals surface area contributed by atoms with Gasteiger partial charge in [0.15, 0.2) is 0 Å². The van der Waals surface area contributed by atoms with Crippen LogP contribution in [0.5, 0.6) is 0 Å². The third kappa shape index (κ3) is 6.63. The summed E-state index contributed by atoms with van der Waals surface area (Å²) in [5, 5.41) is 2.67. The number of benzene rings is 1. The zero-order valence-electron chi connectivity index (χ0n) is 13.3. The molecule has 0 saturated heterocycles. The zero-order valence-corrected chi connectivity index (χ0v) is 16.0. The second-order valence-electron chi connectivity index (χ2n) is 5.79. The maximum absolute atomic E-state index is 6.24. The molecular weight excluding hydrogens is 323 g/mol. The van der Waals surface area contributed by atoms with Gasteiger partial charge in [0.25, 0.3) is 0 Å². The maximum atomic E-state index is 6.24. The van der Waals surface area contributed by atoms with E-state index in [0.717, 1.165) is 0 Å². The van der Waals surface area contributed by atoms with Gasteiger partial charge in [-0.2, -0.15) is 0 Å². The van der Waals surface area contributed by atoms with Gasteiger partial charge in [-0.15, -0.1) is 0 Å². The van der Waals surface area contributed by atoms with Crippen molar-refractivity contribution in [1.82, 2.24) is 0 Å². The van der Waals surface area contributed by atoms with Crippen molar-refractivity contribution in [2.45, 2.75) is 75.6 Å². The average molecular weight is 354 g/mol. The van der Waals surface area contributed by atoms with Crippen LogP contribution in [0.25, 0.3) is 0 Å². The van der Waals surface area contributed by atoms with Crippen LogP contribution in [0.2, 0.25) is 10.4 Å². The number of hydrogen-bond acceptors (Lipinski definition) is 1. The van der Waals surface area contributed by atoms with Crippen molar-refractivity contribution in [3.8, 4) is 0 Å². The predicted molar refractivity (Wildman–Crippen MR) is 97.3 cm³/mol. The Morgan fingerprint density at radius 3 is 1.70 bits per heavy atom. The molecule has 0 amide bonds. The molecule has 0 heterocycles. The van der Waals surface area contributed by atoms with Gasteiger partial charge >= 0.3 is 133 Å². The predicted octanol–water partition coefficient (Wildman–Crippen LogP) is 6.20.